The Morgan fingerprint density at radius 3 is 1.47 bits per heavy atom. The minimum atomic E-state index is 0.114. The largest absolute Gasteiger partial charge is 0.208 e. The van der Waals surface area contributed by atoms with Gasteiger partial charge in [0.05, 0.1) is 11.6 Å². The van der Waals surface area contributed by atoms with Gasteiger partial charge in [-0.15, -0.1) is 0 Å². The molecule has 10 rings (SSSR count). The van der Waals surface area contributed by atoms with Crippen molar-refractivity contribution < 1.29 is 0 Å². The second-order valence-electron chi connectivity index (χ2n) is 17.5. The van der Waals surface area contributed by atoms with Crippen LogP contribution in [0, 0.1) is 11.3 Å². The lowest BCUT2D eigenvalue weighted by atomic mass is 9.63. The molecule has 0 fully saturated rings. The van der Waals surface area contributed by atoms with Crippen LogP contribution >= 0.6 is 0 Å². The van der Waals surface area contributed by atoms with Gasteiger partial charge in [-0.25, -0.2) is 15.0 Å². The van der Waals surface area contributed by atoms with E-state index < -0.39 is 0 Å². The highest BCUT2D eigenvalue weighted by atomic mass is 15.0. The molecule has 4 heteroatoms. The van der Waals surface area contributed by atoms with Gasteiger partial charge in [0, 0.05) is 16.7 Å². The van der Waals surface area contributed by atoms with Crippen LogP contribution in [0.3, 0.4) is 0 Å². The van der Waals surface area contributed by atoms with Gasteiger partial charge in [-0.1, -0.05) is 167 Å². The molecule has 288 valence electrons. The predicted octanol–water partition coefficient (Wildman–Crippen LogP) is 14.4. The van der Waals surface area contributed by atoms with Crippen LogP contribution in [0.1, 0.15) is 57.2 Å². The lowest BCUT2D eigenvalue weighted by Crippen LogP contribution is -2.33. The Hall–Kier alpha value is -7.22. The van der Waals surface area contributed by atoms with E-state index >= 15 is 0 Å². The molecule has 0 spiro atoms. The molecule has 1 aromatic heterocycles. The first kappa shape index (κ1) is 37.1. The highest BCUT2D eigenvalue weighted by molar-refractivity contribution is 6.09. The van der Waals surface area contributed by atoms with Crippen LogP contribution in [0.2, 0.25) is 0 Å². The normalized spacial score (nSPS) is 14.1. The van der Waals surface area contributed by atoms with Crippen LogP contribution in [0.5, 0.6) is 0 Å². The maximum absolute atomic E-state index is 9.36. The summed E-state index contributed by atoms with van der Waals surface area (Å²) < 4.78 is 0. The lowest BCUT2D eigenvalue weighted by molar-refractivity contribution is 0.332. The molecule has 1 heterocycles. The third-order valence-electron chi connectivity index (χ3n) is 12.6. The fourth-order valence-electron chi connectivity index (χ4n) is 8.92. The molecule has 4 nitrogen and oxygen atoms in total. The Bertz CT molecular complexity index is 3140. The van der Waals surface area contributed by atoms with Crippen LogP contribution < -0.4 is 0 Å². The molecule has 9 aromatic rings. The topological polar surface area (TPSA) is 62.5 Å². The number of hydrogen-bond acceptors (Lipinski definition) is 4. The van der Waals surface area contributed by atoms with E-state index in [4.69, 9.17) is 15.0 Å². The Morgan fingerprint density at radius 1 is 0.383 bits per heavy atom. The van der Waals surface area contributed by atoms with Gasteiger partial charge in [-0.05, 0) is 120 Å². The van der Waals surface area contributed by atoms with Crippen molar-refractivity contribution in [2.45, 2.75) is 51.4 Å². The van der Waals surface area contributed by atoms with Crippen LogP contribution in [-0.2, 0) is 10.8 Å². The van der Waals surface area contributed by atoms with E-state index in [-0.39, 0.29) is 10.8 Å². The zero-order chi connectivity index (χ0) is 41.0. The van der Waals surface area contributed by atoms with E-state index in [1.165, 1.54) is 29.5 Å². The zero-order valence-electron chi connectivity index (χ0n) is 34.4. The number of nitrogens with zero attached hydrogens (tertiary/aromatic N) is 4. The second kappa shape index (κ2) is 14.6. The first-order valence-electron chi connectivity index (χ1n) is 20.8. The lowest BCUT2D eigenvalue weighted by Gasteiger charge is -2.42. The number of rotatable bonds is 6. The standard InChI is InChI=1S/C56H44N4/c1-55(2)29-30-56(3,4)51-34-45(27-28-50(51)55)43-11-8-12-46(31-43)53-58-52(42-23-17-38(18-24-42)37-9-6-5-7-10-37)59-54(60-53)47-26-22-41-20-19-40-21-25-44(32-48(40)49(41)33-47)39-15-13-36(35-57)14-16-39/h5-28,31-34H,29-30H2,1-4H3. The van der Waals surface area contributed by atoms with Crippen molar-refractivity contribution in [3.8, 4) is 73.6 Å². The van der Waals surface area contributed by atoms with E-state index in [1.807, 2.05) is 30.3 Å². The summed E-state index contributed by atoms with van der Waals surface area (Å²) in [5, 5.41) is 13.9. The Balaban J connectivity index is 1.10. The summed E-state index contributed by atoms with van der Waals surface area (Å²) in [6.45, 7) is 9.51. The summed E-state index contributed by atoms with van der Waals surface area (Å²) in [4.78, 5) is 15.6. The van der Waals surface area contributed by atoms with Gasteiger partial charge in [-0.2, -0.15) is 5.26 Å². The highest BCUT2D eigenvalue weighted by Crippen LogP contribution is 2.47. The van der Waals surface area contributed by atoms with Gasteiger partial charge in [0.2, 0.25) is 0 Å². The van der Waals surface area contributed by atoms with E-state index in [0.29, 0.717) is 23.0 Å². The third-order valence-corrected chi connectivity index (χ3v) is 12.6. The van der Waals surface area contributed by atoms with Crippen LogP contribution in [0.15, 0.2) is 170 Å². The van der Waals surface area contributed by atoms with Gasteiger partial charge in [0.15, 0.2) is 17.5 Å². The predicted molar refractivity (Wildman–Crippen MR) is 247 cm³/mol. The van der Waals surface area contributed by atoms with Crippen molar-refractivity contribution in [1.82, 2.24) is 15.0 Å². The molecule has 0 aliphatic heterocycles. The quantitative estimate of drug-likeness (QED) is 0.158. The molecule has 1 aliphatic carbocycles. The molecule has 60 heavy (non-hydrogen) atoms. The highest BCUT2D eigenvalue weighted by Gasteiger charge is 2.37. The molecular weight excluding hydrogens is 729 g/mol. The van der Waals surface area contributed by atoms with E-state index in [1.54, 1.807) is 0 Å². The Kier molecular flexibility index (Phi) is 8.99. The number of aromatic nitrogens is 3. The van der Waals surface area contributed by atoms with E-state index in [9.17, 15) is 5.26 Å². The SMILES string of the molecule is CC1(C)CCC(C)(C)c2cc(-c3cccc(-c4nc(-c5ccc(-c6ccccc6)cc5)nc(-c5ccc6ccc7ccc(-c8ccc(C#N)cc8)cc7c6c5)n4)c3)ccc21. The van der Waals surface area contributed by atoms with Crippen molar-refractivity contribution >= 4 is 21.5 Å². The number of hydrogen-bond donors (Lipinski definition) is 0. The average molecular weight is 773 g/mol. The molecule has 0 N–H and O–H groups in total. The molecular formula is C56H44N4. The van der Waals surface area contributed by atoms with Gasteiger partial charge in [0.25, 0.3) is 0 Å². The Morgan fingerprint density at radius 2 is 0.800 bits per heavy atom. The van der Waals surface area contributed by atoms with Gasteiger partial charge < -0.3 is 0 Å². The van der Waals surface area contributed by atoms with Crippen molar-refractivity contribution in [2.75, 3.05) is 0 Å². The summed E-state index contributed by atoms with van der Waals surface area (Å²) in [7, 11) is 0. The Labute approximate surface area is 351 Å². The first-order chi connectivity index (χ1) is 29.1. The monoisotopic (exact) mass is 772 g/mol. The van der Waals surface area contributed by atoms with Crippen molar-refractivity contribution in [2.24, 2.45) is 0 Å². The van der Waals surface area contributed by atoms with E-state index in [2.05, 4.69) is 173 Å². The maximum Gasteiger partial charge on any atom is 0.164 e. The van der Waals surface area contributed by atoms with Crippen molar-refractivity contribution in [1.29, 1.82) is 5.26 Å². The molecule has 0 saturated heterocycles. The van der Waals surface area contributed by atoms with Gasteiger partial charge >= 0.3 is 0 Å². The summed E-state index contributed by atoms with van der Waals surface area (Å²) in [6.07, 6.45) is 2.36. The van der Waals surface area contributed by atoms with Gasteiger partial charge in [-0.3, -0.25) is 0 Å². The van der Waals surface area contributed by atoms with Crippen molar-refractivity contribution in [3.05, 3.63) is 187 Å². The molecule has 8 aromatic carbocycles. The molecule has 0 unspecified atom stereocenters. The van der Waals surface area contributed by atoms with E-state index in [0.717, 1.165) is 66.1 Å². The number of nitriles is 1. The minimum Gasteiger partial charge on any atom is -0.208 e. The molecule has 0 bridgehead atoms. The van der Waals surface area contributed by atoms with Crippen LogP contribution in [0.25, 0.3) is 89.1 Å². The maximum atomic E-state index is 9.36. The van der Waals surface area contributed by atoms with Gasteiger partial charge in [0.1, 0.15) is 0 Å². The second-order valence-corrected chi connectivity index (χ2v) is 17.5. The van der Waals surface area contributed by atoms with Crippen LogP contribution in [0.4, 0.5) is 0 Å². The summed E-state index contributed by atoms with van der Waals surface area (Å²) in [5.41, 5.74) is 13.4. The minimum absolute atomic E-state index is 0.114. The zero-order valence-corrected chi connectivity index (χ0v) is 34.4. The fraction of sp³-hybridized carbons (Fsp3) is 0.143. The smallest absolute Gasteiger partial charge is 0.164 e. The number of fused-ring (bicyclic) bond motifs is 4. The summed E-state index contributed by atoms with van der Waals surface area (Å²) in [5.74, 6) is 1.87. The summed E-state index contributed by atoms with van der Waals surface area (Å²) in [6, 6.07) is 62.0. The average Bonchev–Trinajstić information content (AvgIpc) is 3.30. The molecule has 0 radical (unpaired) electrons. The summed E-state index contributed by atoms with van der Waals surface area (Å²) >= 11 is 0. The number of benzene rings is 8. The molecule has 0 saturated carbocycles. The molecule has 0 amide bonds. The van der Waals surface area contributed by atoms with Crippen molar-refractivity contribution in [3.63, 3.8) is 0 Å². The molecule has 1 aliphatic rings. The fourth-order valence-corrected chi connectivity index (χ4v) is 8.92. The van der Waals surface area contributed by atoms with Crippen LogP contribution in [-0.4, -0.2) is 15.0 Å². The third kappa shape index (κ3) is 6.83. The first-order valence-corrected chi connectivity index (χ1v) is 20.8. The molecule has 0 atom stereocenters.